The summed E-state index contributed by atoms with van der Waals surface area (Å²) < 4.78 is 5.38. The molecule has 0 amide bonds. The predicted octanol–water partition coefficient (Wildman–Crippen LogP) is 3.59. The molecule has 0 atom stereocenters. The lowest BCUT2D eigenvalue weighted by molar-refractivity contribution is 0.318. The van der Waals surface area contributed by atoms with E-state index in [4.69, 9.17) is 4.42 Å². The van der Waals surface area contributed by atoms with Gasteiger partial charge in [0.1, 0.15) is 5.71 Å². The van der Waals surface area contributed by atoms with Crippen LogP contribution in [-0.2, 0) is 0 Å². The Bertz CT molecular complexity index is 685. The predicted molar refractivity (Wildman–Crippen MR) is 91.0 cm³/mol. The van der Waals surface area contributed by atoms with Gasteiger partial charge in [-0.15, -0.1) is 0 Å². The Kier molecular flexibility index (Phi) is 4.67. The number of rotatable bonds is 5. The van der Waals surface area contributed by atoms with Crippen LogP contribution < -0.4 is 10.6 Å². The van der Waals surface area contributed by atoms with Crippen molar-refractivity contribution in [1.82, 2.24) is 0 Å². The first-order valence-corrected chi connectivity index (χ1v) is 8.53. The fourth-order valence-corrected chi connectivity index (χ4v) is 4.54. The molecule has 3 nitrogen and oxygen atoms in total. The molecule has 0 radical (unpaired) electrons. The molecular formula is C18H16NO2P. The monoisotopic (exact) mass is 309 g/mol. The number of hydrogen-bond donors (Lipinski definition) is 1. The van der Waals surface area contributed by atoms with Crippen molar-refractivity contribution in [3.05, 3.63) is 84.8 Å². The Hall–Kier alpha value is -2.38. The Morgan fingerprint density at radius 3 is 1.91 bits per heavy atom. The van der Waals surface area contributed by atoms with E-state index < -0.39 is 7.92 Å². The van der Waals surface area contributed by atoms with Crippen molar-refractivity contribution in [2.45, 2.75) is 0 Å². The molecule has 1 heterocycles. The van der Waals surface area contributed by atoms with Crippen molar-refractivity contribution in [2.75, 3.05) is 6.16 Å². The summed E-state index contributed by atoms with van der Waals surface area (Å²) >= 11 is 0. The molecule has 4 heteroatoms. The molecule has 0 aliphatic rings. The molecule has 110 valence electrons. The lowest BCUT2D eigenvalue weighted by Crippen LogP contribution is -2.18. The smallest absolute Gasteiger partial charge is 0.151 e. The van der Waals surface area contributed by atoms with Crippen LogP contribution in [0.5, 0.6) is 0 Å². The summed E-state index contributed by atoms with van der Waals surface area (Å²) in [6.07, 6.45) is 2.22. The third-order valence-electron chi connectivity index (χ3n) is 3.37. The first-order chi connectivity index (χ1) is 10.9. The van der Waals surface area contributed by atoms with Gasteiger partial charge < -0.3 is 9.62 Å². The first-order valence-electron chi connectivity index (χ1n) is 7.01. The van der Waals surface area contributed by atoms with Crippen LogP contribution in [0, 0.1) is 0 Å². The minimum atomic E-state index is -0.652. The molecule has 0 saturated heterocycles. The van der Waals surface area contributed by atoms with Gasteiger partial charge in [-0.2, -0.15) is 0 Å². The Morgan fingerprint density at radius 2 is 1.45 bits per heavy atom. The fourth-order valence-electron chi connectivity index (χ4n) is 2.30. The molecule has 0 bridgehead atoms. The summed E-state index contributed by atoms with van der Waals surface area (Å²) in [6.45, 7) is 0. The average Bonchev–Trinajstić information content (AvgIpc) is 3.12. The van der Waals surface area contributed by atoms with Crippen LogP contribution in [0.1, 0.15) is 5.76 Å². The molecule has 3 rings (SSSR count). The summed E-state index contributed by atoms with van der Waals surface area (Å²) in [5.74, 6) is 0.613. The minimum absolute atomic E-state index is 0.573. The van der Waals surface area contributed by atoms with E-state index in [2.05, 4.69) is 29.4 Å². The van der Waals surface area contributed by atoms with E-state index in [0.717, 1.165) is 0 Å². The summed E-state index contributed by atoms with van der Waals surface area (Å²) in [5.41, 5.74) is 0.573. The van der Waals surface area contributed by atoms with Gasteiger partial charge in [-0.25, -0.2) is 0 Å². The van der Waals surface area contributed by atoms with Crippen molar-refractivity contribution < 1.29 is 9.62 Å². The zero-order valence-corrected chi connectivity index (χ0v) is 12.9. The lowest BCUT2D eigenvalue weighted by atomic mass is 10.3. The van der Waals surface area contributed by atoms with Crippen LogP contribution in [0.3, 0.4) is 0 Å². The maximum atomic E-state index is 9.38. The third-order valence-corrected chi connectivity index (χ3v) is 5.83. The van der Waals surface area contributed by atoms with Gasteiger partial charge >= 0.3 is 0 Å². The summed E-state index contributed by atoms with van der Waals surface area (Å²) in [7, 11) is -0.652. The van der Waals surface area contributed by atoms with E-state index in [1.165, 1.54) is 10.6 Å². The highest BCUT2D eigenvalue weighted by Crippen LogP contribution is 2.34. The van der Waals surface area contributed by atoms with Crippen molar-refractivity contribution in [1.29, 1.82) is 0 Å². The maximum absolute atomic E-state index is 9.38. The quantitative estimate of drug-likeness (QED) is 0.339. The van der Waals surface area contributed by atoms with E-state index in [9.17, 15) is 5.21 Å². The highest BCUT2D eigenvalue weighted by Gasteiger charge is 2.19. The molecular weight excluding hydrogens is 293 g/mol. The molecule has 0 spiro atoms. The Morgan fingerprint density at radius 1 is 0.864 bits per heavy atom. The molecule has 1 aromatic heterocycles. The molecule has 2 aromatic carbocycles. The molecule has 0 unspecified atom stereocenters. The summed E-state index contributed by atoms with van der Waals surface area (Å²) in [6, 6.07) is 24.3. The largest absolute Gasteiger partial charge is 0.463 e. The number of furan rings is 1. The van der Waals surface area contributed by atoms with Crippen LogP contribution >= 0.6 is 7.92 Å². The molecule has 1 N–H and O–H groups in total. The Balaban J connectivity index is 1.96. The van der Waals surface area contributed by atoms with Crippen molar-refractivity contribution in [3.63, 3.8) is 0 Å². The average molecular weight is 309 g/mol. The topological polar surface area (TPSA) is 45.7 Å². The van der Waals surface area contributed by atoms with E-state index in [0.29, 0.717) is 17.6 Å². The number of hydrogen-bond acceptors (Lipinski definition) is 3. The lowest BCUT2D eigenvalue weighted by Gasteiger charge is -2.18. The number of nitrogens with zero attached hydrogens (tertiary/aromatic N) is 1. The van der Waals surface area contributed by atoms with Crippen molar-refractivity contribution in [2.24, 2.45) is 5.16 Å². The fraction of sp³-hybridized carbons (Fsp3) is 0.0556. The van der Waals surface area contributed by atoms with Crippen LogP contribution in [0.15, 0.2) is 88.6 Å². The van der Waals surface area contributed by atoms with Gasteiger partial charge in [0.25, 0.3) is 0 Å². The van der Waals surface area contributed by atoms with Gasteiger partial charge in [-0.05, 0) is 30.7 Å². The van der Waals surface area contributed by atoms with E-state index in [-0.39, 0.29) is 0 Å². The molecule has 3 aromatic rings. The maximum Gasteiger partial charge on any atom is 0.151 e. The van der Waals surface area contributed by atoms with Gasteiger partial charge in [0.15, 0.2) is 5.76 Å². The van der Waals surface area contributed by atoms with Gasteiger partial charge in [0.2, 0.25) is 0 Å². The SMILES string of the molecule is ON=C(CP(c1ccccc1)c1ccccc1)c1ccco1. The van der Waals surface area contributed by atoms with Crippen LogP contribution in [0.25, 0.3) is 0 Å². The zero-order valence-electron chi connectivity index (χ0n) is 12.0. The standard InChI is InChI=1S/C18H16NO2P/c20-19-17(18-12-7-13-21-18)14-22(15-8-3-1-4-9-15)16-10-5-2-6-11-16/h1-13,20H,14H2. The van der Waals surface area contributed by atoms with E-state index >= 15 is 0 Å². The number of benzene rings is 2. The number of oxime groups is 1. The molecule has 0 fully saturated rings. The van der Waals surface area contributed by atoms with Gasteiger partial charge in [-0.1, -0.05) is 65.8 Å². The highest BCUT2D eigenvalue weighted by atomic mass is 31.1. The van der Waals surface area contributed by atoms with Gasteiger partial charge in [0, 0.05) is 6.16 Å². The van der Waals surface area contributed by atoms with Crippen molar-refractivity contribution >= 4 is 24.2 Å². The first kappa shape index (κ1) is 14.6. The van der Waals surface area contributed by atoms with E-state index in [1.54, 1.807) is 12.3 Å². The van der Waals surface area contributed by atoms with Crippen molar-refractivity contribution in [3.8, 4) is 0 Å². The molecule has 0 aliphatic heterocycles. The summed E-state index contributed by atoms with van der Waals surface area (Å²) in [4.78, 5) is 0. The van der Waals surface area contributed by atoms with Crippen LogP contribution in [0.2, 0.25) is 0 Å². The van der Waals surface area contributed by atoms with Crippen LogP contribution in [0.4, 0.5) is 0 Å². The van der Waals surface area contributed by atoms with Gasteiger partial charge in [0.05, 0.1) is 6.26 Å². The summed E-state index contributed by atoms with van der Waals surface area (Å²) in [5, 5.41) is 15.3. The second kappa shape index (κ2) is 7.06. The third kappa shape index (κ3) is 3.26. The van der Waals surface area contributed by atoms with Gasteiger partial charge in [-0.3, -0.25) is 0 Å². The van der Waals surface area contributed by atoms with E-state index in [1.807, 2.05) is 42.5 Å². The normalized spacial score (nSPS) is 11.8. The Labute approximate surface area is 130 Å². The minimum Gasteiger partial charge on any atom is -0.463 e. The second-order valence-corrected chi connectivity index (χ2v) is 6.99. The second-order valence-electron chi connectivity index (χ2n) is 4.78. The zero-order chi connectivity index (χ0) is 15.2. The molecule has 0 aliphatic carbocycles. The highest BCUT2D eigenvalue weighted by molar-refractivity contribution is 7.73. The molecule has 0 saturated carbocycles. The van der Waals surface area contributed by atoms with Crippen LogP contribution in [-0.4, -0.2) is 17.1 Å². The molecule has 22 heavy (non-hydrogen) atoms.